The summed E-state index contributed by atoms with van der Waals surface area (Å²) in [5.41, 5.74) is 1.24. The van der Waals surface area contributed by atoms with Crippen molar-refractivity contribution in [2.45, 2.75) is 45.2 Å². The second-order valence-electron chi connectivity index (χ2n) is 6.23. The van der Waals surface area contributed by atoms with E-state index < -0.39 is 0 Å². The van der Waals surface area contributed by atoms with E-state index in [4.69, 9.17) is 0 Å². The summed E-state index contributed by atoms with van der Waals surface area (Å²) in [7, 11) is 2.11. The zero-order valence-electron chi connectivity index (χ0n) is 14.1. The zero-order valence-corrected chi connectivity index (χ0v) is 14.1. The van der Waals surface area contributed by atoms with Crippen molar-refractivity contribution in [3.8, 4) is 0 Å². The lowest BCUT2D eigenvalue weighted by Gasteiger charge is -2.27. The fourth-order valence-electron chi connectivity index (χ4n) is 3.00. The van der Waals surface area contributed by atoms with Crippen LogP contribution in [0.3, 0.4) is 0 Å². The first-order valence-corrected chi connectivity index (χ1v) is 8.43. The topological polar surface area (TPSA) is 35.6 Å². The molecule has 1 aromatic carbocycles. The first-order chi connectivity index (χ1) is 10.6. The highest BCUT2D eigenvalue weighted by Gasteiger charge is 2.29. The summed E-state index contributed by atoms with van der Waals surface area (Å²) in [5.74, 6) is 0. The van der Waals surface area contributed by atoms with Crippen LogP contribution < -0.4 is 5.32 Å². The summed E-state index contributed by atoms with van der Waals surface area (Å²) in [6.07, 6.45) is 3.27. The van der Waals surface area contributed by atoms with E-state index in [1.165, 1.54) is 5.56 Å². The molecule has 1 aliphatic rings. The van der Waals surface area contributed by atoms with Crippen LogP contribution in [-0.4, -0.2) is 48.6 Å². The molecule has 1 saturated heterocycles. The second-order valence-corrected chi connectivity index (χ2v) is 6.23. The quantitative estimate of drug-likeness (QED) is 0.875. The normalized spacial score (nSPS) is 19.5. The van der Waals surface area contributed by atoms with Crippen molar-refractivity contribution in [3.05, 3.63) is 35.9 Å². The molecule has 122 valence electrons. The van der Waals surface area contributed by atoms with Crippen molar-refractivity contribution in [2.75, 3.05) is 26.7 Å². The lowest BCUT2D eigenvalue weighted by molar-refractivity contribution is 0.189. The highest BCUT2D eigenvalue weighted by atomic mass is 16.2. The third-order valence-electron chi connectivity index (χ3n) is 4.78. The van der Waals surface area contributed by atoms with Gasteiger partial charge in [0.25, 0.3) is 0 Å². The van der Waals surface area contributed by atoms with Gasteiger partial charge in [0.2, 0.25) is 0 Å². The molecule has 1 aliphatic heterocycles. The number of nitrogens with one attached hydrogen (secondary N) is 1. The average molecular weight is 303 g/mol. The molecule has 1 aromatic rings. The van der Waals surface area contributed by atoms with Gasteiger partial charge in [0.05, 0.1) is 6.04 Å². The van der Waals surface area contributed by atoms with Crippen LogP contribution in [0.15, 0.2) is 30.3 Å². The number of hydrogen-bond donors (Lipinski definition) is 1. The van der Waals surface area contributed by atoms with Crippen molar-refractivity contribution in [2.24, 2.45) is 0 Å². The van der Waals surface area contributed by atoms with E-state index >= 15 is 0 Å². The molecular weight excluding hydrogens is 274 g/mol. The predicted molar refractivity (Wildman–Crippen MR) is 90.9 cm³/mol. The number of amides is 2. The lowest BCUT2D eigenvalue weighted by atomic mass is 10.1. The molecule has 0 unspecified atom stereocenters. The van der Waals surface area contributed by atoms with Crippen LogP contribution in [0.1, 0.15) is 44.7 Å². The highest BCUT2D eigenvalue weighted by molar-refractivity contribution is 5.75. The number of nitrogens with zero attached hydrogens (tertiary/aromatic N) is 2. The van der Waals surface area contributed by atoms with Crippen molar-refractivity contribution in [1.29, 1.82) is 0 Å². The smallest absolute Gasteiger partial charge is 0.317 e. The Morgan fingerprint density at radius 3 is 2.82 bits per heavy atom. The number of rotatable bonds is 6. The fourth-order valence-corrected chi connectivity index (χ4v) is 3.00. The number of carbonyl (C=O) groups is 1. The van der Waals surface area contributed by atoms with Crippen molar-refractivity contribution in [3.63, 3.8) is 0 Å². The van der Waals surface area contributed by atoms with Crippen LogP contribution in [0, 0.1) is 0 Å². The van der Waals surface area contributed by atoms with E-state index in [-0.39, 0.29) is 12.1 Å². The van der Waals surface area contributed by atoms with Gasteiger partial charge in [-0.2, -0.15) is 0 Å². The third-order valence-corrected chi connectivity index (χ3v) is 4.78. The Balaban J connectivity index is 1.84. The largest absolute Gasteiger partial charge is 0.337 e. The van der Waals surface area contributed by atoms with Gasteiger partial charge >= 0.3 is 6.03 Å². The fraction of sp³-hybridized carbons (Fsp3) is 0.611. The lowest BCUT2D eigenvalue weighted by Crippen LogP contribution is -2.43. The van der Waals surface area contributed by atoms with Gasteiger partial charge in [-0.1, -0.05) is 37.3 Å². The van der Waals surface area contributed by atoms with Gasteiger partial charge in [-0.05, 0) is 38.8 Å². The maximum Gasteiger partial charge on any atom is 0.317 e. The SMILES string of the molecule is CC[C@@H](C)N(C)CCNC(=O)N1CCC[C@@H]1c1ccccc1. The Hall–Kier alpha value is -1.55. The number of likely N-dealkylation sites (tertiary alicyclic amines) is 1. The van der Waals surface area contributed by atoms with Crippen molar-refractivity contribution < 1.29 is 4.79 Å². The van der Waals surface area contributed by atoms with E-state index in [0.717, 1.165) is 32.4 Å². The maximum absolute atomic E-state index is 12.4. The number of urea groups is 1. The molecule has 2 amide bonds. The predicted octanol–water partition coefficient (Wildman–Crippen LogP) is 3.26. The molecule has 0 spiro atoms. The maximum atomic E-state index is 12.4. The molecule has 1 heterocycles. The standard InChI is InChI=1S/C18H29N3O/c1-4-15(2)20(3)14-12-19-18(22)21-13-8-11-17(21)16-9-6-5-7-10-16/h5-7,9-10,15,17H,4,8,11-14H2,1-3H3,(H,19,22)/t15-,17-/m1/s1. The molecule has 2 atom stereocenters. The molecule has 0 saturated carbocycles. The van der Waals surface area contributed by atoms with Gasteiger partial charge in [-0.3, -0.25) is 0 Å². The summed E-state index contributed by atoms with van der Waals surface area (Å²) in [6.45, 7) is 6.86. The third kappa shape index (κ3) is 4.23. The Kier molecular flexibility index (Phi) is 6.25. The second kappa shape index (κ2) is 8.18. The first-order valence-electron chi connectivity index (χ1n) is 8.43. The van der Waals surface area contributed by atoms with Gasteiger partial charge in [0, 0.05) is 25.7 Å². The minimum atomic E-state index is 0.0731. The molecule has 4 nitrogen and oxygen atoms in total. The Morgan fingerprint density at radius 1 is 1.41 bits per heavy atom. The van der Waals surface area contributed by atoms with E-state index in [9.17, 15) is 4.79 Å². The zero-order chi connectivity index (χ0) is 15.9. The summed E-state index contributed by atoms with van der Waals surface area (Å²) in [4.78, 5) is 16.7. The minimum absolute atomic E-state index is 0.0731. The number of likely N-dealkylation sites (N-methyl/N-ethyl adjacent to an activating group) is 1. The molecule has 1 N–H and O–H groups in total. The van der Waals surface area contributed by atoms with E-state index in [0.29, 0.717) is 12.6 Å². The Morgan fingerprint density at radius 2 is 2.14 bits per heavy atom. The molecular formula is C18H29N3O. The van der Waals surface area contributed by atoms with Crippen LogP contribution in [0.5, 0.6) is 0 Å². The molecule has 0 bridgehead atoms. The van der Waals surface area contributed by atoms with Gasteiger partial charge in [0.15, 0.2) is 0 Å². The van der Waals surface area contributed by atoms with Crippen LogP contribution in [0.25, 0.3) is 0 Å². The number of carbonyl (C=O) groups excluding carboxylic acids is 1. The molecule has 1 fully saturated rings. The Bertz CT molecular complexity index is 463. The van der Waals surface area contributed by atoms with Crippen LogP contribution in [0.4, 0.5) is 4.79 Å². The van der Waals surface area contributed by atoms with E-state index in [2.05, 4.69) is 43.2 Å². The number of benzene rings is 1. The minimum Gasteiger partial charge on any atom is -0.337 e. The molecule has 0 radical (unpaired) electrons. The first kappa shape index (κ1) is 16.8. The van der Waals surface area contributed by atoms with E-state index in [1.807, 2.05) is 23.1 Å². The van der Waals surface area contributed by atoms with E-state index in [1.54, 1.807) is 0 Å². The van der Waals surface area contributed by atoms with Gasteiger partial charge in [-0.25, -0.2) is 4.79 Å². The summed E-state index contributed by atoms with van der Waals surface area (Å²) < 4.78 is 0. The summed E-state index contributed by atoms with van der Waals surface area (Å²) in [6, 6.07) is 11.2. The van der Waals surface area contributed by atoms with Gasteiger partial charge in [-0.15, -0.1) is 0 Å². The monoisotopic (exact) mass is 303 g/mol. The summed E-state index contributed by atoms with van der Waals surface area (Å²) in [5, 5.41) is 3.08. The Labute approximate surface area is 134 Å². The van der Waals surface area contributed by atoms with Gasteiger partial charge < -0.3 is 15.1 Å². The highest BCUT2D eigenvalue weighted by Crippen LogP contribution is 2.31. The molecule has 0 aromatic heterocycles. The molecule has 4 heteroatoms. The summed E-state index contributed by atoms with van der Waals surface area (Å²) >= 11 is 0. The molecule has 2 rings (SSSR count). The molecule has 0 aliphatic carbocycles. The van der Waals surface area contributed by atoms with Crippen molar-refractivity contribution >= 4 is 6.03 Å². The molecule has 22 heavy (non-hydrogen) atoms. The average Bonchev–Trinajstić information content (AvgIpc) is 3.04. The van der Waals surface area contributed by atoms with Gasteiger partial charge in [0.1, 0.15) is 0 Å². The van der Waals surface area contributed by atoms with Crippen molar-refractivity contribution in [1.82, 2.24) is 15.1 Å². The number of hydrogen-bond acceptors (Lipinski definition) is 2. The van der Waals surface area contributed by atoms with Crippen LogP contribution >= 0.6 is 0 Å². The van der Waals surface area contributed by atoms with Crippen LogP contribution in [-0.2, 0) is 0 Å². The van der Waals surface area contributed by atoms with Crippen LogP contribution in [0.2, 0.25) is 0 Å².